The van der Waals surface area contributed by atoms with E-state index < -0.39 is 9.84 Å². The lowest BCUT2D eigenvalue weighted by Gasteiger charge is -2.18. The van der Waals surface area contributed by atoms with Crippen LogP contribution in [0.5, 0.6) is 0 Å². The monoisotopic (exact) mass is 409 g/mol. The van der Waals surface area contributed by atoms with Gasteiger partial charge in [0.25, 0.3) is 5.22 Å². The summed E-state index contributed by atoms with van der Waals surface area (Å²) in [6.45, 7) is 6.44. The Kier molecular flexibility index (Phi) is 5.62. The van der Waals surface area contributed by atoms with E-state index in [2.05, 4.69) is 36.3 Å². The molecule has 2 aromatic rings. The van der Waals surface area contributed by atoms with Gasteiger partial charge in [-0.1, -0.05) is 44.7 Å². The highest BCUT2D eigenvalue weighted by Gasteiger charge is 2.28. The minimum atomic E-state index is -3.01. The highest BCUT2D eigenvalue weighted by atomic mass is 32.2. The summed E-state index contributed by atoms with van der Waals surface area (Å²) in [4.78, 5) is 12.0. The Morgan fingerprint density at radius 1 is 1.26 bits per heavy atom. The zero-order chi connectivity index (χ0) is 19.7. The van der Waals surface area contributed by atoms with E-state index >= 15 is 0 Å². The normalized spacial score (nSPS) is 19.1. The lowest BCUT2D eigenvalue weighted by molar-refractivity contribution is -0.119. The first kappa shape index (κ1) is 19.9. The molecule has 0 aliphatic carbocycles. The van der Waals surface area contributed by atoms with Crippen LogP contribution in [-0.2, 0) is 20.0 Å². The molecule has 27 heavy (non-hydrogen) atoms. The zero-order valence-electron chi connectivity index (χ0n) is 15.6. The van der Waals surface area contributed by atoms with E-state index in [9.17, 15) is 13.2 Å². The van der Waals surface area contributed by atoms with Gasteiger partial charge in [0.1, 0.15) is 0 Å². The maximum Gasteiger partial charge on any atom is 0.277 e. The number of sulfone groups is 1. The van der Waals surface area contributed by atoms with Crippen molar-refractivity contribution < 1.29 is 17.6 Å². The first-order valence-corrected chi connectivity index (χ1v) is 11.5. The molecule has 1 aliphatic rings. The van der Waals surface area contributed by atoms with Crippen LogP contribution in [0.25, 0.3) is 11.5 Å². The number of thioether (sulfide) groups is 1. The molecular formula is C18H23N3O4S2. The van der Waals surface area contributed by atoms with E-state index in [1.807, 2.05) is 24.3 Å². The topological polar surface area (TPSA) is 102 Å². The Morgan fingerprint density at radius 3 is 2.56 bits per heavy atom. The second-order valence-electron chi connectivity index (χ2n) is 7.66. The van der Waals surface area contributed by atoms with Gasteiger partial charge in [0.05, 0.1) is 17.3 Å². The maximum atomic E-state index is 12.0. The van der Waals surface area contributed by atoms with Gasteiger partial charge < -0.3 is 9.73 Å². The molecule has 1 amide bonds. The summed E-state index contributed by atoms with van der Waals surface area (Å²) in [7, 11) is -3.01. The fourth-order valence-electron chi connectivity index (χ4n) is 2.80. The predicted octanol–water partition coefficient (Wildman–Crippen LogP) is 2.43. The van der Waals surface area contributed by atoms with Crippen LogP contribution in [0.15, 0.2) is 33.9 Å². The number of nitrogens with one attached hydrogen (secondary N) is 1. The highest BCUT2D eigenvalue weighted by molar-refractivity contribution is 7.99. The predicted molar refractivity (Wildman–Crippen MR) is 104 cm³/mol. The van der Waals surface area contributed by atoms with Crippen LogP contribution in [0, 0.1) is 0 Å². The van der Waals surface area contributed by atoms with Crippen LogP contribution in [0.3, 0.4) is 0 Å². The van der Waals surface area contributed by atoms with Crippen LogP contribution in [0.2, 0.25) is 0 Å². The maximum absolute atomic E-state index is 12.0. The van der Waals surface area contributed by atoms with Crippen molar-refractivity contribution in [3.05, 3.63) is 29.8 Å². The van der Waals surface area contributed by atoms with Crippen LogP contribution in [-0.4, -0.2) is 47.8 Å². The van der Waals surface area contributed by atoms with Gasteiger partial charge in [0.2, 0.25) is 11.8 Å². The molecule has 0 bridgehead atoms. The smallest absolute Gasteiger partial charge is 0.277 e. The van der Waals surface area contributed by atoms with Gasteiger partial charge >= 0.3 is 0 Å². The third-order valence-electron chi connectivity index (χ3n) is 4.33. The molecule has 0 spiro atoms. The van der Waals surface area contributed by atoms with Crippen molar-refractivity contribution in [2.75, 3.05) is 17.3 Å². The van der Waals surface area contributed by atoms with Gasteiger partial charge in [-0.3, -0.25) is 4.79 Å². The molecule has 1 aromatic carbocycles. The lowest BCUT2D eigenvalue weighted by atomic mass is 9.87. The molecule has 0 unspecified atom stereocenters. The number of aromatic nitrogens is 2. The Bertz CT molecular complexity index is 915. The number of nitrogens with zero attached hydrogens (tertiary/aromatic N) is 2. The molecule has 1 aromatic heterocycles. The molecule has 0 radical (unpaired) electrons. The standard InChI is InChI=1S/C18H23N3O4S2/c1-18(2,3)13-6-4-12(5-7-13)16-20-21-17(25-16)26-10-15(22)19-14-8-9-27(23,24)11-14/h4-7,14H,8-11H2,1-3H3,(H,19,22)/t14-/m1/s1. The molecule has 0 saturated carbocycles. The van der Waals surface area contributed by atoms with Crippen molar-refractivity contribution in [2.45, 2.75) is 43.9 Å². The van der Waals surface area contributed by atoms with Gasteiger partial charge in [-0.05, 0) is 29.5 Å². The summed E-state index contributed by atoms with van der Waals surface area (Å²) >= 11 is 1.13. The average molecular weight is 410 g/mol. The molecule has 1 aliphatic heterocycles. The van der Waals surface area contributed by atoms with Crippen LogP contribution >= 0.6 is 11.8 Å². The first-order chi connectivity index (χ1) is 12.6. The molecule has 7 nitrogen and oxygen atoms in total. The largest absolute Gasteiger partial charge is 0.411 e. The van der Waals surface area contributed by atoms with E-state index in [0.29, 0.717) is 17.5 Å². The quantitative estimate of drug-likeness (QED) is 0.757. The zero-order valence-corrected chi connectivity index (χ0v) is 17.2. The Labute approximate surface area is 163 Å². The van der Waals surface area contributed by atoms with E-state index in [1.54, 1.807) is 0 Å². The number of rotatable bonds is 5. The molecule has 1 N–H and O–H groups in total. The molecule has 1 saturated heterocycles. The Balaban J connectivity index is 1.54. The summed E-state index contributed by atoms with van der Waals surface area (Å²) < 4.78 is 28.5. The minimum absolute atomic E-state index is 0.0126. The van der Waals surface area contributed by atoms with Crippen molar-refractivity contribution in [3.8, 4) is 11.5 Å². The third-order valence-corrected chi connectivity index (χ3v) is 6.92. The van der Waals surface area contributed by atoms with Gasteiger partial charge in [-0.15, -0.1) is 10.2 Å². The number of carbonyl (C=O) groups is 1. The average Bonchev–Trinajstić information content (AvgIpc) is 3.19. The number of hydrogen-bond acceptors (Lipinski definition) is 7. The fourth-order valence-corrected chi connectivity index (χ4v) is 5.05. The minimum Gasteiger partial charge on any atom is -0.411 e. The Morgan fingerprint density at radius 2 is 1.96 bits per heavy atom. The SMILES string of the molecule is CC(C)(C)c1ccc(-c2nnc(SCC(=O)N[C@@H]3CCS(=O)(=O)C3)o2)cc1. The Hall–Kier alpha value is -1.87. The fraction of sp³-hybridized carbons (Fsp3) is 0.500. The molecule has 146 valence electrons. The van der Waals surface area contributed by atoms with Crippen molar-refractivity contribution in [1.29, 1.82) is 0 Å². The number of hydrogen-bond donors (Lipinski definition) is 1. The molecule has 1 atom stereocenters. The molecule has 3 rings (SSSR count). The summed E-state index contributed by atoms with van der Waals surface area (Å²) in [5, 5.41) is 11.0. The van der Waals surface area contributed by atoms with E-state index in [-0.39, 0.29) is 34.6 Å². The van der Waals surface area contributed by atoms with Gasteiger partial charge in [0, 0.05) is 11.6 Å². The van der Waals surface area contributed by atoms with Crippen molar-refractivity contribution >= 4 is 27.5 Å². The summed E-state index contributed by atoms with van der Waals surface area (Å²) in [6, 6.07) is 7.65. The summed E-state index contributed by atoms with van der Waals surface area (Å²) in [5.41, 5.74) is 2.11. The van der Waals surface area contributed by atoms with Crippen LogP contribution < -0.4 is 5.32 Å². The van der Waals surface area contributed by atoms with Crippen molar-refractivity contribution in [3.63, 3.8) is 0 Å². The van der Waals surface area contributed by atoms with Gasteiger partial charge in [-0.2, -0.15) is 0 Å². The molecule has 1 fully saturated rings. The van der Waals surface area contributed by atoms with Gasteiger partial charge in [-0.25, -0.2) is 8.42 Å². The summed E-state index contributed by atoms with van der Waals surface area (Å²) in [6.07, 6.45) is 0.466. The van der Waals surface area contributed by atoms with Crippen molar-refractivity contribution in [1.82, 2.24) is 15.5 Å². The number of amides is 1. The molecule has 2 heterocycles. The van der Waals surface area contributed by atoms with E-state index in [1.165, 1.54) is 5.56 Å². The van der Waals surface area contributed by atoms with Crippen LogP contribution in [0.4, 0.5) is 0 Å². The summed E-state index contributed by atoms with van der Waals surface area (Å²) in [5.74, 6) is 0.406. The second kappa shape index (κ2) is 7.63. The van der Waals surface area contributed by atoms with Crippen LogP contribution in [0.1, 0.15) is 32.8 Å². The second-order valence-corrected chi connectivity index (χ2v) is 10.8. The lowest BCUT2D eigenvalue weighted by Crippen LogP contribution is -2.36. The highest BCUT2D eigenvalue weighted by Crippen LogP contribution is 2.27. The van der Waals surface area contributed by atoms with Gasteiger partial charge in [0.15, 0.2) is 9.84 Å². The van der Waals surface area contributed by atoms with E-state index in [0.717, 1.165) is 17.3 Å². The first-order valence-electron chi connectivity index (χ1n) is 8.69. The molecular weight excluding hydrogens is 386 g/mol. The molecule has 9 heteroatoms. The van der Waals surface area contributed by atoms with Crippen molar-refractivity contribution in [2.24, 2.45) is 0 Å². The van der Waals surface area contributed by atoms with E-state index in [4.69, 9.17) is 4.42 Å². The number of carbonyl (C=O) groups excluding carboxylic acids is 1. The number of benzene rings is 1. The third kappa shape index (κ3) is 5.32.